The molecule has 0 aromatic heterocycles. The fourth-order valence-corrected chi connectivity index (χ4v) is 3.24. The van der Waals surface area contributed by atoms with Crippen molar-refractivity contribution >= 4 is 41.4 Å². The second kappa shape index (κ2) is 8.60. The maximum absolute atomic E-state index is 13.8. The average Bonchev–Trinajstić information content (AvgIpc) is 2.61. The van der Waals surface area contributed by atoms with Crippen LogP contribution < -0.4 is 10.2 Å². The van der Waals surface area contributed by atoms with E-state index in [0.29, 0.717) is 13.1 Å². The van der Waals surface area contributed by atoms with Crippen LogP contribution in [0.3, 0.4) is 0 Å². The predicted octanol–water partition coefficient (Wildman–Crippen LogP) is 4.87. The van der Waals surface area contributed by atoms with Gasteiger partial charge in [0.2, 0.25) is 0 Å². The number of hydrogen-bond donors (Lipinski definition) is 1. The number of amides is 2. The molecule has 4 nitrogen and oxygen atoms in total. The summed E-state index contributed by atoms with van der Waals surface area (Å²) < 4.78 is 13.8. The van der Waals surface area contributed by atoms with Crippen LogP contribution in [0.1, 0.15) is 11.1 Å². The highest BCUT2D eigenvalue weighted by Gasteiger charge is 2.23. The van der Waals surface area contributed by atoms with Gasteiger partial charge in [-0.05, 0) is 43.2 Å². The van der Waals surface area contributed by atoms with Gasteiger partial charge in [0.25, 0.3) is 0 Å². The molecule has 7 heteroatoms. The second-order valence-electron chi connectivity index (χ2n) is 6.22. The van der Waals surface area contributed by atoms with Gasteiger partial charge in [-0.25, -0.2) is 9.18 Å². The number of nitrogens with one attached hydrogen (secondary N) is 1. The number of anilines is 2. The van der Waals surface area contributed by atoms with Gasteiger partial charge in [0.05, 0.1) is 10.7 Å². The third kappa shape index (κ3) is 4.22. The van der Waals surface area contributed by atoms with Crippen LogP contribution in [-0.2, 0) is 0 Å². The summed E-state index contributed by atoms with van der Waals surface area (Å²) in [5.41, 5.74) is 3.76. The first-order valence-corrected chi connectivity index (χ1v) is 8.66. The molecule has 2 aromatic rings. The molecule has 1 heterocycles. The molecule has 1 N–H and O–H groups in total. The van der Waals surface area contributed by atoms with Crippen LogP contribution in [0.25, 0.3) is 0 Å². The first-order valence-electron chi connectivity index (χ1n) is 8.28. The minimum Gasteiger partial charge on any atom is -0.368 e. The Morgan fingerprint density at radius 3 is 2.38 bits per heavy atom. The van der Waals surface area contributed by atoms with E-state index in [4.69, 9.17) is 11.6 Å². The Bertz CT molecular complexity index is 772. The van der Waals surface area contributed by atoms with Gasteiger partial charge < -0.3 is 15.1 Å². The number of nitrogens with zero attached hydrogens (tertiary/aromatic N) is 2. The number of rotatable bonds is 2. The maximum Gasteiger partial charge on any atom is 0.322 e. The van der Waals surface area contributed by atoms with Crippen molar-refractivity contribution in [3.8, 4) is 0 Å². The lowest BCUT2D eigenvalue weighted by molar-refractivity contribution is 0.208. The summed E-state index contributed by atoms with van der Waals surface area (Å²) in [7, 11) is 0. The quantitative estimate of drug-likeness (QED) is 0.784. The van der Waals surface area contributed by atoms with Crippen LogP contribution in [0.5, 0.6) is 0 Å². The number of urea groups is 1. The van der Waals surface area contributed by atoms with E-state index in [9.17, 15) is 9.18 Å². The SMILES string of the molecule is Cc1cccc(N2CCN(C(=O)Nc3c(F)cccc3Cl)CC2)c1C.Cl. The summed E-state index contributed by atoms with van der Waals surface area (Å²) >= 11 is 5.97. The van der Waals surface area contributed by atoms with Crippen molar-refractivity contribution in [2.45, 2.75) is 13.8 Å². The molecule has 140 valence electrons. The van der Waals surface area contributed by atoms with Crippen molar-refractivity contribution in [1.29, 1.82) is 0 Å². The Labute approximate surface area is 164 Å². The molecule has 1 saturated heterocycles. The number of benzene rings is 2. The van der Waals surface area contributed by atoms with E-state index in [0.717, 1.165) is 13.1 Å². The molecule has 26 heavy (non-hydrogen) atoms. The highest BCUT2D eigenvalue weighted by atomic mass is 35.5. The summed E-state index contributed by atoms with van der Waals surface area (Å²) in [6, 6.07) is 10.3. The smallest absolute Gasteiger partial charge is 0.322 e. The molecular weight excluding hydrogens is 376 g/mol. The van der Waals surface area contributed by atoms with Gasteiger partial charge in [0.1, 0.15) is 5.82 Å². The van der Waals surface area contributed by atoms with E-state index in [2.05, 4.69) is 42.3 Å². The van der Waals surface area contributed by atoms with Crippen molar-refractivity contribution in [1.82, 2.24) is 4.90 Å². The van der Waals surface area contributed by atoms with Crippen molar-refractivity contribution in [3.05, 3.63) is 58.4 Å². The Hall–Kier alpha value is -1.98. The zero-order valence-electron chi connectivity index (χ0n) is 14.8. The molecular formula is C19H22Cl2FN3O. The van der Waals surface area contributed by atoms with Crippen molar-refractivity contribution in [3.63, 3.8) is 0 Å². The zero-order valence-corrected chi connectivity index (χ0v) is 16.3. The highest BCUT2D eigenvalue weighted by molar-refractivity contribution is 6.33. The van der Waals surface area contributed by atoms with Crippen LogP contribution in [0, 0.1) is 19.7 Å². The summed E-state index contributed by atoms with van der Waals surface area (Å²) in [5.74, 6) is -0.533. The summed E-state index contributed by atoms with van der Waals surface area (Å²) in [6.45, 7) is 6.84. The number of carbonyl (C=O) groups excluding carboxylic acids is 1. The molecule has 0 unspecified atom stereocenters. The molecule has 2 aromatic carbocycles. The molecule has 2 amide bonds. The number of piperazine rings is 1. The molecule has 0 aliphatic carbocycles. The highest BCUT2D eigenvalue weighted by Crippen LogP contribution is 2.26. The lowest BCUT2D eigenvalue weighted by Crippen LogP contribution is -2.50. The molecule has 0 radical (unpaired) electrons. The molecule has 3 rings (SSSR count). The average molecular weight is 398 g/mol. The van der Waals surface area contributed by atoms with Gasteiger partial charge in [0.15, 0.2) is 0 Å². The lowest BCUT2D eigenvalue weighted by Gasteiger charge is -2.37. The van der Waals surface area contributed by atoms with Gasteiger partial charge in [-0.1, -0.05) is 29.8 Å². The Kier molecular flexibility index (Phi) is 6.73. The maximum atomic E-state index is 13.8. The molecule has 1 aliphatic rings. The topological polar surface area (TPSA) is 35.6 Å². The van der Waals surface area contributed by atoms with Crippen molar-refractivity contribution < 1.29 is 9.18 Å². The number of carbonyl (C=O) groups is 1. The minimum absolute atomic E-state index is 0. The van der Waals surface area contributed by atoms with Crippen LogP contribution in [-0.4, -0.2) is 37.1 Å². The fraction of sp³-hybridized carbons (Fsp3) is 0.316. The standard InChI is InChI=1S/C19H21ClFN3O.ClH/c1-13-5-3-8-17(14(13)2)23-9-11-24(12-10-23)19(25)22-18-15(20)6-4-7-16(18)21;/h3-8H,9-12H2,1-2H3,(H,22,25);1H. The van der Waals surface area contributed by atoms with E-state index in [1.54, 1.807) is 11.0 Å². The predicted molar refractivity (Wildman–Crippen MR) is 107 cm³/mol. The van der Waals surface area contributed by atoms with Gasteiger partial charge in [-0.2, -0.15) is 0 Å². The summed E-state index contributed by atoms with van der Waals surface area (Å²) in [5, 5.41) is 2.78. The van der Waals surface area contributed by atoms with E-state index in [-0.39, 0.29) is 29.1 Å². The van der Waals surface area contributed by atoms with Crippen LogP contribution in [0.15, 0.2) is 36.4 Å². The van der Waals surface area contributed by atoms with E-state index >= 15 is 0 Å². The Balaban J connectivity index is 0.00000243. The third-order valence-electron chi connectivity index (χ3n) is 4.68. The van der Waals surface area contributed by atoms with Gasteiger partial charge in [-0.15, -0.1) is 12.4 Å². The number of para-hydroxylation sites is 1. The number of halogens is 3. The van der Waals surface area contributed by atoms with E-state index < -0.39 is 5.82 Å². The van der Waals surface area contributed by atoms with Gasteiger partial charge in [0, 0.05) is 31.9 Å². The molecule has 0 spiro atoms. The van der Waals surface area contributed by atoms with Crippen molar-refractivity contribution in [2.24, 2.45) is 0 Å². The van der Waals surface area contributed by atoms with Crippen LogP contribution >= 0.6 is 24.0 Å². The first-order chi connectivity index (χ1) is 12.0. The molecule has 0 bridgehead atoms. The molecule has 0 atom stereocenters. The zero-order chi connectivity index (χ0) is 18.0. The van der Waals surface area contributed by atoms with Crippen LogP contribution in [0.2, 0.25) is 5.02 Å². The van der Waals surface area contributed by atoms with E-state index in [1.165, 1.54) is 28.9 Å². The molecule has 1 aliphatic heterocycles. The van der Waals surface area contributed by atoms with Crippen LogP contribution in [0.4, 0.5) is 20.6 Å². The van der Waals surface area contributed by atoms with E-state index in [1.807, 2.05) is 0 Å². The first kappa shape index (κ1) is 20.3. The number of aryl methyl sites for hydroxylation is 1. The monoisotopic (exact) mass is 397 g/mol. The second-order valence-corrected chi connectivity index (χ2v) is 6.63. The normalized spacial score (nSPS) is 14.0. The lowest BCUT2D eigenvalue weighted by atomic mass is 10.1. The largest absolute Gasteiger partial charge is 0.368 e. The summed E-state index contributed by atoms with van der Waals surface area (Å²) in [4.78, 5) is 16.4. The minimum atomic E-state index is -0.533. The molecule has 1 fully saturated rings. The van der Waals surface area contributed by atoms with Crippen molar-refractivity contribution in [2.75, 3.05) is 36.4 Å². The van der Waals surface area contributed by atoms with Gasteiger partial charge >= 0.3 is 6.03 Å². The fourth-order valence-electron chi connectivity index (χ4n) is 3.03. The molecule has 0 saturated carbocycles. The third-order valence-corrected chi connectivity index (χ3v) is 4.99. The Morgan fingerprint density at radius 2 is 1.73 bits per heavy atom. The number of hydrogen-bond acceptors (Lipinski definition) is 2. The van der Waals surface area contributed by atoms with Gasteiger partial charge in [-0.3, -0.25) is 0 Å². The summed E-state index contributed by atoms with van der Waals surface area (Å²) in [6.07, 6.45) is 0. The Morgan fingerprint density at radius 1 is 1.08 bits per heavy atom.